The standard InChI is InChI=1S/C14H25N5O/c1-4-16-14(20)13-9-15-6-7-18(13)10-12-8-11(3)17-19(12)5-2/h8,13,15H,4-7,9-10H2,1-3H3,(H,16,20). The molecule has 0 radical (unpaired) electrons. The van der Waals surface area contributed by atoms with E-state index in [0.29, 0.717) is 13.1 Å². The van der Waals surface area contributed by atoms with Crippen LogP contribution in [0.1, 0.15) is 25.2 Å². The van der Waals surface area contributed by atoms with E-state index >= 15 is 0 Å². The van der Waals surface area contributed by atoms with Gasteiger partial charge in [-0.1, -0.05) is 0 Å². The number of amides is 1. The van der Waals surface area contributed by atoms with Gasteiger partial charge in [0.1, 0.15) is 6.04 Å². The lowest BCUT2D eigenvalue weighted by atomic mass is 10.1. The second-order valence-corrected chi connectivity index (χ2v) is 5.18. The molecule has 0 spiro atoms. The first-order valence-corrected chi connectivity index (χ1v) is 7.41. The Morgan fingerprint density at radius 2 is 2.35 bits per heavy atom. The van der Waals surface area contributed by atoms with Crippen molar-refractivity contribution < 1.29 is 4.79 Å². The summed E-state index contributed by atoms with van der Waals surface area (Å²) in [5, 5.41) is 10.7. The average molecular weight is 279 g/mol. The van der Waals surface area contributed by atoms with Crippen LogP contribution in [0, 0.1) is 6.92 Å². The highest BCUT2D eigenvalue weighted by Gasteiger charge is 2.28. The molecule has 0 saturated carbocycles. The van der Waals surface area contributed by atoms with E-state index in [1.165, 1.54) is 5.69 Å². The summed E-state index contributed by atoms with van der Waals surface area (Å²) in [4.78, 5) is 14.4. The number of nitrogens with one attached hydrogen (secondary N) is 2. The minimum Gasteiger partial charge on any atom is -0.355 e. The number of carbonyl (C=O) groups excluding carboxylic acids is 1. The van der Waals surface area contributed by atoms with Crippen LogP contribution >= 0.6 is 0 Å². The van der Waals surface area contributed by atoms with Gasteiger partial charge in [0, 0.05) is 39.3 Å². The molecule has 1 unspecified atom stereocenters. The monoisotopic (exact) mass is 279 g/mol. The van der Waals surface area contributed by atoms with Crippen LogP contribution in [-0.2, 0) is 17.9 Å². The molecule has 2 heterocycles. The second kappa shape index (κ2) is 6.85. The van der Waals surface area contributed by atoms with Crippen LogP contribution in [0.4, 0.5) is 0 Å². The normalized spacial score (nSPS) is 20.1. The molecular weight excluding hydrogens is 254 g/mol. The third-order valence-electron chi connectivity index (χ3n) is 3.66. The number of aryl methyl sites for hydroxylation is 2. The van der Waals surface area contributed by atoms with E-state index in [1.54, 1.807) is 0 Å². The molecule has 0 aliphatic carbocycles. The topological polar surface area (TPSA) is 62.2 Å². The summed E-state index contributed by atoms with van der Waals surface area (Å²) in [6.07, 6.45) is 0. The van der Waals surface area contributed by atoms with Crippen molar-refractivity contribution in [3.63, 3.8) is 0 Å². The molecule has 0 aromatic carbocycles. The second-order valence-electron chi connectivity index (χ2n) is 5.18. The maximum atomic E-state index is 12.1. The van der Waals surface area contributed by atoms with Crippen molar-refractivity contribution >= 4 is 5.91 Å². The molecule has 1 aromatic heterocycles. The number of rotatable bonds is 5. The fourth-order valence-corrected chi connectivity index (χ4v) is 2.69. The summed E-state index contributed by atoms with van der Waals surface area (Å²) in [5.41, 5.74) is 2.22. The fourth-order valence-electron chi connectivity index (χ4n) is 2.69. The van der Waals surface area contributed by atoms with Gasteiger partial charge in [0.05, 0.1) is 11.4 Å². The number of likely N-dealkylation sites (N-methyl/N-ethyl adjacent to an activating group) is 1. The van der Waals surface area contributed by atoms with Crippen molar-refractivity contribution in [2.45, 2.75) is 39.9 Å². The van der Waals surface area contributed by atoms with Crippen LogP contribution in [-0.4, -0.2) is 52.8 Å². The van der Waals surface area contributed by atoms with Crippen LogP contribution in [0.25, 0.3) is 0 Å². The Morgan fingerprint density at radius 3 is 3.05 bits per heavy atom. The molecule has 1 aliphatic heterocycles. The molecule has 1 amide bonds. The summed E-state index contributed by atoms with van der Waals surface area (Å²) in [6, 6.07) is 2.02. The Balaban J connectivity index is 2.10. The van der Waals surface area contributed by atoms with Crippen LogP contribution in [0.3, 0.4) is 0 Å². The van der Waals surface area contributed by atoms with Crippen molar-refractivity contribution in [1.29, 1.82) is 0 Å². The quantitative estimate of drug-likeness (QED) is 0.804. The van der Waals surface area contributed by atoms with Gasteiger partial charge >= 0.3 is 0 Å². The highest BCUT2D eigenvalue weighted by Crippen LogP contribution is 2.12. The van der Waals surface area contributed by atoms with Crippen molar-refractivity contribution in [3.05, 3.63) is 17.5 Å². The summed E-state index contributed by atoms with van der Waals surface area (Å²) in [5.74, 6) is 0.110. The number of aromatic nitrogens is 2. The van der Waals surface area contributed by atoms with Crippen molar-refractivity contribution in [1.82, 2.24) is 25.3 Å². The summed E-state index contributed by atoms with van der Waals surface area (Å²) >= 11 is 0. The van der Waals surface area contributed by atoms with Gasteiger partial charge in [0.15, 0.2) is 0 Å². The highest BCUT2D eigenvalue weighted by atomic mass is 16.2. The fraction of sp³-hybridized carbons (Fsp3) is 0.714. The summed E-state index contributed by atoms with van der Waals surface area (Å²) in [6.45, 7) is 10.9. The van der Waals surface area contributed by atoms with E-state index in [9.17, 15) is 4.79 Å². The minimum atomic E-state index is -0.0933. The van der Waals surface area contributed by atoms with Gasteiger partial charge < -0.3 is 10.6 Å². The SMILES string of the molecule is CCNC(=O)C1CNCCN1Cc1cc(C)nn1CC. The lowest BCUT2D eigenvalue weighted by molar-refractivity contribution is -0.127. The zero-order chi connectivity index (χ0) is 14.5. The molecule has 1 fully saturated rings. The maximum Gasteiger partial charge on any atom is 0.238 e. The third kappa shape index (κ3) is 3.37. The van der Waals surface area contributed by atoms with Crippen LogP contribution in [0.15, 0.2) is 6.07 Å². The number of carbonyl (C=O) groups is 1. The number of nitrogens with zero attached hydrogens (tertiary/aromatic N) is 3. The molecule has 1 aromatic rings. The highest BCUT2D eigenvalue weighted by molar-refractivity contribution is 5.82. The summed E-state index contributed by atoms with van der Waals surface area (Å²) < 4.78 is 2.02. The largest absolute Gasteiger partial charge is 0.355 e. The Bertz CT molecular complexity index is 456. The van der Waals surface area contributed by atoms with Gasteiger partial charge in [-0.15, -0.1) is 0 Å². The first-order chi connectivity index (χ1) is 9.65. The van der Waals surface area contributed by atoms with Crippen molar-refractivity contribution in [2.75, 3.05) is 26.2 Å². The van der Waals surface area contributed by atoms with E-state index in [4.69, 9.17) is 0 Å². The van der Waals surface area contributed by atoms with Crippen LogP contribution in [0.5, 0.6) is 0 Å². The molecular formula is C14H25N5O. The third-order valence-corrected chi connectivity index (χ3v) is 3.66. The van der Waals surface area contributed by atoms with E-state index in [0.717, 1.165) is 31.9 Å². The summed E-state index contributed by atoms with van der Waals surface area (Å²) in [7, 11) is 0. The van der Waals surface area contributed by atoms with Gasteiger partial charge in [-0.2, -0.15) is 5.10 Å². The molecule has 6 heteroatoms. The first kappa shape index (κ1) is 15.0. The predicted molar refractivity (Wildman–Crippen MR) is 78.4 cm³/mol. The molecule has 2 N–H and O–H groups in total. The van der Waals surface area contributed by atoms with Gasteiger partial charge in [-0.3, -0.25) is 14.4 Å². The van der Waals surface area contributed by atoms with E-state index in [2.05, 4.69) is 33.6 Å². The zero-order valence-corrected chi connectivity index (χ0v) is 12.6. The molecule has 1 saturated heterocycles. The van der Waals surface area contributed by atoms with Gasteiger partial charge in [0.2, 0.25) is 5.91 Å². The molecule has 1 aliphatic rings. The Kier molecular flexibility index (Phi) is 5.14. The first-order valence-electron chi connectivity index (χ1n) is 7.41. The number of piperazine rings is 1. The molecule has 1 atom stereocenters. The van der Waals surface area contributed by atoms with Crippen molar-refractivity contribution in [3.8, 4) is 0 Å². The molecule has 20 heavy (non-hydrogen) atoms. The molecule has 0 bridgehead atoms. The van der Waals surface area contributed by atoms with E-state index in [1.807, 2.05) is 18.5 Å². The molecule has 2 rings (SSSR count). The van der Waals surface area contributed by atoms with E-state index in [-0.39, 0.29) is 11.9 Å². The predicted octanol–water partition coefficient (Wildman–Crippen LogP) is 0.121. The van der Waals surface area contributed by atoms with E-state index < -0.39 is 0 Å². The van der Waals surface area contributed by atoms with Gasteiger partial charge in [-0.25, -0.2) is 0 Å². The number of hydrogen-bond acceptors (Lipinski definition) is 4. The Labute approximate surface area is 120 Å². The Hall–Kier alpha value is -1.40. The number of hydrogen-bond donors (Lipinski definition) is 2. The smallest absolute Gasteiger partial charge is 0.238 e. The zero-order valence-electron chi connectivity index (χ0n) is 12.6. The maximum absolute atomic E-state index is 12.1. The van der Waals surface area contributed by atoms with Crippen LogP contribution in [0.2, 0.25) is 0 Å². The Morgan fingerprint density at radius 1 is 1.55 bits per heavy atom. The minimum absolute atomic E-state index is 0.0933. The van der Waals surface area contributed by atoms with Crippen molar-refractivity contribution in [2.24, 2.45) is 0 Å². The molecule has 6 nitrogen and oxygen atoms in total. The lowest BCUT2D eigenvalue weighted by Gasteiger charge is -2.35. The molecule has 112 valence electrons. The average Bonchev–Trinajstić information content (AvgIpc) is 2.79. The van der Waals surface area contributed by atoms with Gasteiger partial charge in [-0.05, 0) is 26.8 Å². The van der Waals surface area contributed by atoms with Gasteiger partial charge in [0.25, 0.3) is 0 Å². The lowest BCUT2D eigenvalue weighted by Crippen LogP contribution is -2.57. The van der Waals surface area contributed by atoms with Crippen LogP contribution < -0.4 is 10.6 Å².